The quantitative estimate of drug-likeness (QED) is 0.353. The van der Waals surface area contributed by atoms with Gasteiger partial charge < -0.3 is 0 Å². The van der Waals surface area contributed by atoms with Crippen molar-refractivity contribution in [2.75, 3.05) is 9.80 Å². The number of carbonyl (C=O) groups excluding carboxylic acids is 2. The number of hydrogen-bond acceptors (Lipinski definition) is 7. The number of rotatable bonds is 4. The van der Waals surface area contributed by atoms with E-state index in [0.717, 1.165) is 4.90 Å². The summed E-state index contributed by atoms with van der Waals surface area (Å²) in [6, 6.07) is 23.5. The van der Waals surface area contributed by atoms with Gasteiger partial charge in [-0.2, -0.15) is 15.5 Å². The van der Waals surface area contributed by atoms with E-state index in [1.165, 1.54) is 4.68 Å². The van der Waals surface area contributed by atoms with Crippen LogP contribution in [0.3, 0.4) is 0 Å². The molecule has 3 heterocycles. The van der Waals surface area contributed by atoms with E-state index in [9.17, 15) is 24.5 Å². The molecule has 0 spiro atoms. The molecule has 0 fully saturated rings. The Hall–Kier alpha value is -5.61. The Morgan fingerprint density at radius 2 is 1.59 bits per heavy atom. The maximum atomic E-state index is 13.6. The van der Waals surface area contributed by atoms with Gasteiger partial charge in [-0.05, 0) is 54.4 Å². The van der Waals surface area contributed by atoms with E-state index >= 15 is 0 Å². The summed E-state index contributed by atoms with van der Waals surface area (Å²) in [7, 11) is 0. The summed E-state index contributed by atoms with van der Waals surface area (Å²) in [6.45, 7) is 1.06. The molecule has 2 aliphatic rings. The Balaban J connectivity index is 1.57. The molecule has 2 amide bonds. The van der Waals surface area contributed by atoms with E-state index in [2.05, 4.69) is 22.2 Å². The zero-order valence-electron chi connectivity index (χ0n) is 20.5. The average molecular weight is 516 g/mol. The highest BCUT2D eigenvalue weighted by Gasteiger charge is 2.42. The van der Waals surface area contributed by atoms with Crippen LogP contribution in [0.2, 0.25) is 0 Å². The molecule has 0 bridgehead atoms. The third-order valence-electron chi connectivity index (χ3n) is 6.84. The lowest BCUT2D eigenvalue weighted by atomic mass is 9.95. The number of imide groups is 1. The zero-order chi connectivity index (χ0) is 27.3. The molecule has 0 N–H and O–H groups in total. The number of hydrogen-bond donors (Lipinski definition) is 0. The van der Waals surface area contributed by atoms with E-state index in [4.69, 9.17) is 0 Å². The van der Waals surface area contributed by atoms with Gasteiger partial charge >= 0.3 is 0 Å². The molecule has 3 aromatic carbocycles. The van der Waals surface area contributed by atoms with E-state index in [-0.39, 0.29) is 23.0 Å². The SMILES string of the molecule is CC1=C(C#N)[C@@H](c2ccc(C#N)cc2)n2nc(N3C(=O)c4ccccc4C3=O)nc2N1c1cccc(CF)c1. The van der Waals surface area contributed by atoms with Crippen molar-refractivity contribution in [3.63, 3.8) is 0 Å². The molecule has 0 aliphatic carbocycles. The summed E-state index contributed by atoms with van der Waals surface area (Å²) in [5.74, 6) is -1.01. The van der Waals surface area contributed by atoms with Gasteiger partial charge in [-0.25, -0.2) is 14.0 Å². The van der Waals surface area contributed by atoms with Crippen LogP contribution in [0, 0.1) is 22.7 Å². The van der Waals surface area contributed by atoms with E-state index in [0.29, 0.717) is 33.6 Å². The largest absolute Gasteiger partial charge is 0.282 e. The maximum absolute atomic E-state index is 13.6. The second-order valence-electron chi connectivity index (χ2n) is 9.03. The molecular formula is C29H18FN7O2. The molecule has 1 atom stereocenters. The van der Waals surface area contributed by atoms with Crippen LogP contribution in [0.5, 0.6) is 0 Å². The van der Waals surface area contributed by atoms with Crippen LogP contribution in [0.15, 0.2) is 84.1 Å². The molecule has 10 heteroatoms. The molecule has 188 valence electrons. The fourth-order valence-electron chi connectivity index (χ4n) is 4.96. The first kappa shape index (κ1) is 23.8. The summed E-state index contributed by atoms with van der Waals surface area (Å²) < 4.78 is 15.0. The predicted octanol–water partition coefficient (Wildman–Crippen LogP) is 4.96. The lowest BCUT2D eigenvalue weighted by Crippen LogP contribution is -2.31. The molecule has 9 nitrogen and oxygen atoms in total. The van der Waals surface area contributed by atoms with Crippen LogP contribution in [0.1, 0.15) is 50.4 Å². The Morgan fingerprint density at radius 3 is 2.21 bits per heavy atom. The van der Waals surface area contributed by atoms with Crippen molar-refractivity contribution in [1.29, 1.82) is 10.5 Å². The Morgan fingerprint density at radius 1 is 0.897 bits per heavy atom. The van der Waals surface area contributed by atoms with Crippen molar-refractivity contribution in [1.82, 2.24) is 14.8 Å². The molecule has 0 saturated heterocycles. The van der Waals surface area contributed by atoms with Crippen LogP contribution < -0.4 is 9.80 Å². The number of amides is 2. The van der Waals surface area contributed by atoms with Crippen molar-refractivity contribution in [2.45, 2.75) is 19.6 Å². The number of carbonyl (C=O) groups is 2. The van der Waals surface area contributed by atoms with Gasteiger partial charge in [0.1, 0.15) is 12.7 Å². The molecule has 1 aromatic heterocycles. The van der Waals surface area contributed by atoms with Gasteiger partial charge in [0.2, 0.25) is 5.95 Å². The van der Waals surface area contributed by atoms with Gasteiger partial charge in [-0.15, -0.1) is 5.10 Å². The first-order chi connectivity index (χ1) is 19.0. The van der Waals surface area contributed by atoms with Crippen molar-refractivity contribution >= 4 is 29.4 Å². The number of anilines is 3. The van der Waals surface area contributed by atoms with Gasteiger partial charge in [-0.3, -0.25) is 14.5 Å². The molecule has 39 heavy (non-hydrogen) atoms. The normalized spacial score (nSPS) is 16.2. The summed E-state index contributed by atoms with van der Waals surface area (Å²) >= 11 is 0. The van der Waals surface area contributed by atoms with Gasteiger partial charge in [0.05, 0.1) is 34.4 Å². The van der Waals surface area contributed by atoms with Crippen LogP contribution >= 0.6 is 0 Å². The average Bonchev–Trinajstić information content (AvgIpc) is 3.50. The highest BCUT2D eigenvalue weighted by Crippen LogP contribution is 2.43. The molecule has 0 saturated carbocycles. The van der Waals surface area contributed by atoms with Crippen LogP contribution in [0.25, 0.3) is 0 Å². The summed E-state index contributed by atoms with van der Waals surface area (Å²) in [5.41, 5.74) is 3.42. The number of fused-ring (bicyclic) bond motifs is 2. The van der Waals surface area contributed by atoms with E-state index < -0.39 is 24.5 Å². The maximum Gasteiger partial charge on any atom is 0.268 e. The first-order valence-electron chi connectivity index (χ1n) is 12.0. The van der Waals surface area contributed by atoms with Crippen molar-refractivity contribution in [3.8, 4) is 12.1 Å². The predicted molar refractivity (Wildman–Crippen MR) is 139 cm³/mol. The standard InChI is InChI=1S/C29H18FN7O2/c1-17-24(16-32)25(20-11-9-18(15-31)10-12-20)37-29(35(17)21-6-4-5-19(13-21)14-30)33-28(34-37)36-26(38)22-7-2-3-8-23(22)27(36)39/h2-13,25H,14H2,1H3/t25-/m1/s1. The highest BCUT2D eigenvalue weighted by atomic mass is 19.1. The third-order valence-corrected chi connectivity index (χ3v) is 6.84. The lowest BCUT2D eigenvalue weighted by Gasteiger charge is -2.34. The van der Waals surface area contributed by atoms with Gasteiger partial charge in [-0.1, -0.05) is 36.4 Å². The zero-order valence-corrected chi connectivity index (χ0v) is 20.5. The molecule has 4 aromatic rings. The minimum absolute atomic E-state index is 0.145. The third kappa shape index (κ3) is 3.58. The number of alkyl halides is 1. The van der Waals surface area contributed by atoms with Gasteiger partial charge in [0, 0.05) is 11.4 Å². The van der Waals surface area contributed by atoms with Crippen LogP contribution in [0.4, 0.5) is 22.0 Å². The molecule has 0 radical (unpaired) electrons. The lowest BCUT2D eigenvalue weighted by molar-refractivity contribution is 0.0923. The summed E-state index contributed by atoms with van der Waals surface area (Å²) in [4.78, 5) is 33.7. The molecular weight excluding hydrogens is 497 g/mol. The number of aromatic nitrogens is 3. The Bertz CT molecular complexity index is 1760. The number of nitriles is 2. The number of benzene rings is 3. The minimum atomic E-state index is -0.755. The summed E-state index contributed by atoms with van der Waals surface area (Å²) in [5, 5.41) is 24.1. The fourth-order valence-corrected chi connectivity index (χ4v) is 4.96. The van der Waals surface area contributed by atoms with Gasteiger partial charge in [0.15, 0.2) is 0 Å². The van der Waals surface area contributed by atoms with E-state index in [1.807, 2.05) is 0 Å². The number of halogens is 1. The Kier molecular flexibility index (Phi) is 5.51. The number of allylic oxidation sites excluding steroid dienone is 2. The molecule has 6 rings (SSSR count). The number of nitrogens with zero attached hydrogens (tertiary/aromatic N) is 7. The first-order valence-corrected chi connectivity index (χ1v) is 12.0. The van der Waals surface area contributed by atoms with Crippen molar-refractivity contribution in [2.24, 2.45) is 0 Å². The highest BCUT2D eigenvalue weighted by molar-refractivity contribution is 6.33. The molecule has 0 unspecified atom stereocenters. The van der Waals surface area contributed by atoms with Gasteiger partial charge in [0.25, 0.3) is 17.8 Å². The Labute approximate surface area is 222 Å². The van der Waals surface area contributed by atoms with Crippen LogP contribution in [-0.4, -0.2) is 26.6 Å². The monoisotopic (exact) mass is 515 g/mol. The van der Waals surface area contributed by atoms with E-state index in [1.54, 1.807) is 84.6 Å². The van der Waals surface area contributed by atoms with Crippen molar-refractivity contribution < 1.29 is 14.0 Å². The van der Waals surface area contributed by atoms with Crippen LogP contribution in [-0.2, 0) is 6.67 Å². The topological polar surface area (TPSA) is 119 Å². The smallest absolute Gasteiger partial charge is 0.268 e. The summed E-state index contributed by atoms with van der Waals surface area (Å²) in [6.07, 6.45) is 0. The molecule has 2 aliphatic heterocycles. The second kappa shape index (κ2) is 9.05. The fraction of sp³-hybridized carbons (Fsp3) is 0.103. The minimum Gasteiger partial charge on any atom is -0.282 e. The van der Waals surface area contributed by atoms with Crippen molar-refractivity contribution in [3.05, 3.63) is 112 Å². The second-order valence-corrected chi connectivity index (χ2v) is 9.03.